The van der Waals surface area contributed by atoms with Gasteiger partial charge in [-0.15, -0.1) is 0 Å². The number of hydrogen-bond acceptors (Lipinski definition) is 5. The van der Waals surface area contributed by atoms with E-state index in [1.165, 1.54) is 25.2 Å². The minimum absolute atomic E-state index is 0.0674. The number of fused-ring (bicyclic) bond motifs is 1. The molecule has 134 valence electrons. The number of esters is 1. The van der Waals surface area contributed by atoms with Gasteiger partial charge < -0.3 is 19.1 Å². The minimum atomic E-state index is -0.958. The summed E-state index contributed by atoms with van der Waals surface area (Å²) in [7, 11) is 2.50. The van der Waals surface area contributed by atoms with Crippen molar-refractivity contribution < 1.29 is 28.2 Å². The van der Waals surface area contributed by atoms with Crippen molar-refractivity contribution in [2.45, 2.75) is 0 Å². The molecule has 0 aliphatic rings. The van der Waals surface area contributed by atoms with Crippen molar-refractivity contribution in [3.63, 3.8) is 0 Å². The number of aromatic nitrogens is 1. The van der Waals surface area contributed by atoms with Crippen LogP contribution in [0.3, 0.4) is 0 Å². The number of benzene rings is 2. The van der Waals surface area contributed by atoms with Gasteiger partial charge in [0.1, 0.15) is 28.9 Å². The lowest BCUT2D eigenvalue weighted by Gasteiger charge is -2.12. The van der Waals surface area contributed by atoms with Crippen molar-refractivity contribution in [2.24, 2.45) is 7.05 Å². The number of rotatable bonds is 3. The molecular formula is C18H13F2NO5. The fraction of sp³-hybridized carbons (Fsp3) is 0.111. The fourth-order valence-corrected chi connectivity index (χ4v) is 2.58. The first kappa shape index (κ1) is 17.4. The van der Waals surface area contributed by atoms with Crippen LogP contribution in [0.1, 0.15) is 10.4 Å². The summed E-state index contributed by atoms with van der Waals surface area (Å²) < 4.78 is 37.6. The molecule has 3 rings (SSSR count). The third kappa shape index (κ3) is 2.97. The van der Waals surface area contributed by atoms with Gasteiger partial charge in [0, 0.05) is 36.7 Å². The van der Waals surface area contributed by atoms with Gasteiger partial charge in [-0.05, 0) is 12.1 Å². The zero-order valence-electron chi connectivity index (χ0n) is 13.7. The second kappa shape index (κ2) is 6.47. The fourth-order valence-electron chi connectivity index (χ4n) is 2.58. The molecule has 0 aliphatic carbocycles. The van der Waals surface area contributed by atoms with Crippen LogP contribution in [0.15, 0.2) is 41.2 Å². The van der Waals surface area contributed by atoms with Gasteiger partial charge in [0.15, 0.2) is 5.56 Å². The third-order valence-corrected chi connectivity index (χ3v) is 3.80. The molecule has 2 aromatic carbocycles. The Balaban J connectivity index is 2.13. The van der Waals surface area contributed by atoms with Gasteiger partial charge in [-0.2, -0.15) is 0 Å². The van der Waals surface area contributed by atoms with Crippen molar-refractivity contribution >= 4 is 16.9 Å². The van der Waals surface area contributed by atoms with Gasteiger partial charge in [0.05, 0.1) is 12.6 Å². The van der Waals surface area contributed by atoms with Crippen molar-refractivity contribution in [1.29, 1.82) is 0 Å². The lowest BCUT2D eigenvalue weighted by molar-refractivity contribution is 0.0595. The Morgan fingerprint density at radius 2 is 1.73 bits per heavy atom. The summed E-state index contributed by atoms with van der Waals surface area (Å²) in [6.07, 6.45) is 0. The molecule has 0 unspecified atom stereocenters. The molecule has 0 spiro atoms. The van der Waals surface area contributed by atoms with Crippen LogP contribution in [-0.2, 0) is 11.8 Å². The Morgan fingerprint density at radius 1 is 1.08 bits per heavy atom. The summed E-state index contributed by atoms with van der Waals surface area (Å²) in [6, 6.07) is 6.97. The number of pyridine rings is 1. The number of nitrogens with zero attached hydrogens (tertiary/aromatic N) is 1. The Hall–Kier alpha value is -3.42. The molecule has 1 N–H and O–H groups in total. The molecule has 26 heavy (non-hydrogen) atoms. The van der Waals surface area contributed by atoms with Crippen LogP contribution in [0.4, 0.5) is 8.78 Å². The highest BCUT2D eigenvalue weighted by Crippen LogP contribution is 2.31. The minimum Gasteiger partial charge on any atom is -0.506 e. The molecule has 0 saturated carbocycles. The summed E-state index contributed by atoms with van der Waals surface area (Å²) in [4.78, 5) is 24.1. The highest BCUT2D eigenvalue weighted by atomic mass is 19.1. The van der Waals surface area contributed by atoms with E-state index >= 15 is 0 Å². The van der Waals surface area contributed by atoms with E-state index in [9.17, 15) is 23.5 Å². The van der Waals surface area contributed by atoms with Crippen molar-refractivity contribution in [2.75, 3.05) is 7.11 Å². The van der Waals surface area contributed by atoms with Crippen LogP contribution in [0.5, 0.6) is 17.2 Å². The van der Waals surface area contributed by atoms with Crippen LogP contribution in [-0.4, -0.2) is 22.8 Å². The van der Waals surface area contributed by atoms with Gasteiger partial charge >= 0.3 is 5.97 Å². The number of halogens is 2. The van der Waals surface area contributed by atoms with E-state index in [4.69, 9.17) is 4.74 Å². The van der Waals surface area contributed by atoms with Crippen LogP contribution < -0.4 is 10.3 Å². The summed E-state index contributed by atoms with van der Waals surface area (Å²) >= 11 is 0. The highest BCUT2D eigenvalue weighted by molar-refractivity contribution is 5.99. The molecule has 0 saturated heterocycles. The van der Waals surface area contributed by atoms with Gasteiger partial charge in [-0.1, -0.05) is 0 Å². The smallest absolute Gasteiger partial charge is 0.347 e. The van der Waals surface area contributed by atoms with E-state index in [0.29, 0.717) is 6.07 Å². The van der Waals surface area contributed by atoms with E-state index < -0.39 is 34.5 Å². The van der Waals surface area contributed by atoms with Crippen LogP contribution in [0.2, 0.25) is 0 Å². The largest absolute Gasteiger partial charge is 0.506 e. The number of ether oxygens (including phenoxy) is 2. The number of carbonyl (C=O) groups is 1. The van der Waals surface area contributed by atoms with Gasteiger partial charge in [0.25, 0.3) is 5.56 Å². The van der Waals surface area contributed by atoms with Gasteiger partial charge in [0.2, 0.25) is 0 Å². The van der Waals surface area contributed by atoms with E-state index in [-0.39, 0.29) is 22.4 Å². The van der Waals surface area contributed by atoms with Gasteiger partial charge in [-0.25, -0.2) is 13.6 Å². The van der Waals surface area contributed by atoms with Crippen molar-refractivity contribution in [1.82, 2.24) is 4.57 Å². The monoisotopic (exact) mass is 361 g/mol. The predicted molar refractivity (Wildman–Crippen MR) is 88.6 cm³/mol. The molecule has 3 aromatic rings. The van der Waals surface area contributed by atoms with Crippen LogP contribution in [0.25, 0.3) is 10.9 Å². The molecule has 8 heteroatoms. The molecule has 0 fully saturated rings. The Labute approximate surface area is 145 Å². The molecule has 0 amide bonds. The summed E-state index contributed by atoms with van der Waals surface area (Å²) in [5, 5.41) is 10.5. The number of methoxy groups -OCH3 is 1. The zero-order chi connectivity index (χ0) is 19.0. The van der Waals surface area contributed by atoms with E-state index in [0.717, 1.165) is 23.8 Å². The lowest BCUT2D eigenvalue weighted by Crippen LogP contribution is -2.25. The Kier molecular flexibility index (Phi) is 4.33. The van der Waals surface area contributed by atoms with E-state index in [1.54, 1.807) is 0 Å². The molecule has 1 aromatic heterocycles. The van der Waals surface area contributed by atoms with Gasteiger partial charge in [-0.3, -0.25) is 4.79 Å². The first-order valence-electron chi connectivity index (χ1n) is 7.39. The molecule has 0 bridgehead atoms. The van der Waals surface area contributed by atoms with E-state index in [1.807, 2.05) is 0 Å². The average molecular weight is 361 g/mol. The van der Waals surface area contributed by atoms with Crippen LogP contribution in [0, 0.1) is 11.6 Å². The lowest BCUT2D eigenvalue weighted by atomic mass is 10.1. The highest BCUT2D eigenvalue weighted by Gasteiger charge is 2.22. The van der Waals surface area contributed by atoms with E-state index in [2.05, 4.69) is 4.74 Å². The normalized spacial score (nSPS) is 10.8. The number of hydrogen-bond donors (Lipinski definition) is 1. The summed E-state index contributed by atoms with van der Waals surface area (Å²) in [5.41, 5.74) is -0.978. The Bertz CT molecular complexity index is 1070. The molecule has 0 atom stereocenters. The topological polar surface area (TPSA) is 77.8 Å². The van der Waals surface area contributed by atoms with Crippen molar-refractivity contribution in [3.8, 4) is 17.2 Å². The third-order valence-electron chi connectivity index (χ3n) is 3.80. The summed E-state index contributed by atoms with van der Waals surface area (Å²) in [6.45, 7) is 0. The number of carbonyl (C=O) groups excluding carboxylic acids is 1. The maximum Gasteiger partial charge on any atom is 0.347 e. The zero-order valence-corrected chi connectivity index (χ0v) is 13.7. The van der Waals surface area contributed by atoms with Crippen LogP contribution >= 0.6 is 0 Å². The Morgan fingerprint density at radius 3 is 2.35 bits per heavy atom. The second-order valence-corrected chi connectivity index (χ2v) is 5.47. The molecule has 6 nitrogen and oxygen atoms in total. The average Bonchev–Trinajstić information content (AvgIpc) is 2.58. The quantitative estimate of drug-likeness (QED) is 0.726. The molecule has 0 radical (unpaired) electrons. The molecule has 0 aliphatic heterocycles. The summed E-state index contributed by atoms with van der Waals surface area (Å²) in [5.74, 6) is -2.95. The second-order valence-electron chi connectivity index (χ2n) is 5.47. The number of aryl methyl sites for hydroxylation is 1. The molecular weight excluding hydrogens is 348 g/mol. The number of aromatic hydroxyl groups is 1. The van der Waals surface area contributed by atoms with Crippen molar-refractivity contribution in [3.05, 3.63) is 63.9 Å². The SMILES string of the molecule is COC(=O)c1c(O)c2ccc(Oc3cc(F)cc(F)c3)cc2n(C)c1=O. The first-order valence-corrected chi connectivity index (χ1v) is 7.39. The maximum absolute atomic E-state index is 13.3. The molecule has 1 heterocycles. The first-order chi connectivity index (χ1) is 12.3. The standard InChI is InChI=1S/C18H13F2NO5/c1-21-14-8-11(26-12-6-9(19)5-10(20)7-12)3-4-13(14)16(22)15(17(21)23)18(24)25-2/h3-8,22H,1-2H3. The predicted octanol–water partition coefficient (Wildman–Crippen LogP) is 3.10. The maximum atomic E-state index is 13.3.